The van der Waals surface area contributed by atoms with Gasteiger partial charge in [-0.25, -0.2) is 4.57 Å². The first-order valence-corrected chi connectivity index (χ1v) is 2.65. The van der Waals surface area contributed by atoms with Crippen molar-refractivity contribution in [1.82, 2.24) is 9.97 Å². The first-order valence-electron chi connectivity index (χ1n) is 2.65. The van der Waals surface area contributed by atoms with Gasteiger partial charge in [0.15, 0.2) is 0 Å². The molecule has 0 spiro atoms. The number of nitrogens with two attached hydrogens (primary N) is 3. The van der Waals surface area contributed by atoms with Gasteiger partial charge in [-0.3, -0.25) is 0 Å². The Bertz CT molecular complexity index is 233. The predicted octanol–water partition coefficient (Wildman–Crippen LogP) is -1.95. The van der Waals surface area contributed by atoms with Crippen LogP contribution in [0.15, 0.2) is 0 Å². The zero-order valence-electron chi connectivity index (χ0n) is 5.57. The maximum atomic E-state index is 5.37. The van der Waals surface area contributed by atoms with E-state index in [1.807, 2.05) is 0 Å². The summed E-state index contributed by atoms with van der Waals surface area (Å²) >= 11 is 0. The Balaban J connectivity index is 3.31. The van der Waals surface area contributed by atoms with Crippen molar-refractivity contribution in [2.24, 2.45) is 7.05 Å². The molecule has 0 atom stereocenters. The fourth-order valence-electron chi connectivity index (χ4n) is 0.527. The molecule has 0 radical (unpaired) electrons. The third-order valence-electron chi connectivity index (χ3n) is 1.15. The molecule has 0 bridgehead atoms. The summed E-state index contributed by atoms with van der Waals surface area (Å²) in [4.78, 5) is 7.32. The zero-order chi connectivity index (χ0) is 7.72. The van der Waals surface area contributed by atoms with E-state index in [1.54, 1.807) is 7.05 Å². The molecule has 54 valence electrons. The van der Waals surface area contributed by atoms with Crippen molar-refractivity contribution in [3.63, 3.8) is 0 Å². The fraction of sp³-hybridized carbons (Fsp3) is 0.250. The Morgan fingerprint density at radius 1 is 1.10 bits per heavy atom. The Hall–Kier alpha value is -1.59. The number of hydrogen-bond donors (Lipinski definition) is 3. The van der Waals surface area contributed by atoms with Crippen LogP contribution >= 0.6 is 0 Å². The van der Waals surface area contributed by atoms with E-state index in [2.05, 4.69) is 9.97 Å². The van der Waals surface area contributed by atoms with Gasteiger partial charge < -0.3 is 17.2 Å². The minimum absolute atomic E-state index is 0.0908. The number of rotatable bonds is 0. The molecule has 6 nitrogen and oxygen atoms in total. The minimum atomic E-state index is 0.0908. The molecule has 6 N–H and O–H groups in total. The molecule has 0 unspecified atom stereocenters. The number of aromatic nitrogens is 3. The van der Waals surface area contributed by atoms with Gasteiger partial charge in [0.25, 0.3) is 0 Å². The summed E-state index contributed by atoms with van der Waals surface area (Å²) < 4.78 is 1.44. The van der Waals surface area contributed by atoms with Gasteiger partial charge in [-0.15, -0.1) is 0 Å². The molecule has 0 fully saturated rings. The van der Waals surface area contributed by atoms with Crippen LogP contribution in [0.2, 0.25) is 0 Å². The number of nitrogen functional groups attached to an aromatic ring is 3. The molecule has 1 aromatic heterocycles. The summed E-state index contributed by atoms with van der Waals surface area (Å²) in [5.74, 6) is 0.600. The molecule has 0 amide bonds. The Morgan fingerprint density at radius 2 is 1.50 bits per heavy atom. The highest BCUT2D eigenvalue weighted by atomic mass is 15.2. The molecule has 0 aliphatic rings. The van der Waals surface area contributed by atoms with Crippen LogP contribution in [-0.2, 0) is 7.05 Å². The van der Waals surface area contributed by atoms with Crippen LogP contribution in [0.25, 0.3) is 0 Å². The van der Waals surface area contributed by atoms with E-state index < -0.39 is 0 Å². The Morgan fingerprint density at radius 3 is 1.90 bits per heavy atom. The molecule has 1 heterocycles. The van der Waals surface area contributed by atoms with E-state index in [4.69, 9.17) is 17.2 Å². The Kier molecular flexibility index (Phi) is 1.29. The summed E-state index contributed by atoms with van der Waals surface area (Å²) in [5.41, 5.74) is 16.0. The van der Waals surface area contributed by atoms with Crippen LogP contribution in [0.3, 0.4) is 0 Å². The zero-order valence-corrected chi connectivity index (χ0v) is 5.57. The van der Waals surface area contributed by atoms with Crippen molar-refractivity contribution < 1.29 is 4.57 Å². The highest BCUT2D eigenvalue weighted by Gasteiger charge is 2.07. The lowest BCUT2D eigenvalue weighted by Gasteiger charge is -1.96. The second-order valence-corrected chi connectivity index (χ2v) is 1.86. The normalized spacial score (nSPS) is 9.70. The van der Waals surface area contributed by atoms with E-state index in [0.717, 1.165) is 0 Å². The summed E-state index contributed by atoms with van der Waals surface area (Å²) in [5, 5.41) is 0. The molecule has 0 aromatic carbocycles. The lowest BCUT2D eigenvalue weighted by Crippen LogP contribution is -2.38. The van der Waals surface area contributed by atoms with Crippen molar-refractivity contribution in [2.75, 3.05) is 17.2 Å². The maximum Gasteiger partial charge on any atom is 0.322 e. The van der Waals surface area contributed by atoms with E-state index in [-0.39, 0.29) is 17.8 Å². The molecular formula is C4H9N6+. The van der Waals surface area contributed by atoms with E-state index in [0.29, 0.717) is 0 Å². The van der Waals surface area contributed by atoms with Gasteiger partial charge in [0.05, 0.1) is 0 Å². The van der Waals surface area contributed by atoms with Gasteiger partial charge in [0.1, 0.15) is 0 Å². The van der Waals surface area contributed by atoms with Crippen molar-refractivity contribution >= 4 is 17.8 Å². The molecule has 0 saturated heterocycles. The van der Waals surface area contributed by atoms with Crippen LogP contribution in [0, 0.1) is 0 Å². The monoisotopic (exact) mass is 141 g/mol. The highest BCUT2D eigenvalue weighted by Crippen LogP contribution is 1.94. The second-order valence-electron chi connectivity index (χ2n) is 1.86. The SMILES string of the molecule is C[n+]1c(N)nc(N)nc1N. The average Bonchev–Trinajstić information content (AvgIpc) is 1.82. The van der Waals surface area contributed by atoms with Gasteiger partial charge in [-0.05, 0) is 0 Å². The van der Waals surface area contributed by atoms with E-state index >= 15 is 0 Å². The van der Waals surface area contributed by atoms with Gasteiger partial charge in [0, 0.05) is 7.05 Å². The largest absolute Gasteiger partial charge is 0.351 e. The lowest BCUT2D eigenvalue weighted by molar-refractivity contribution is -0.647. The van der Waals surface area contributed by atoms with Crippen molar-refractivity contribution in [1.29, 1.82) is 0 Å². The lowest BCUT2D eigenvalue weighted by atomic mass is 10.8. The van der Waals surface area contributed by atoms with Crippen molar-refractivity contribution in [2.45, 2.75) is 0 Å². The second kappa shape index (κ2) is 1.98. The maximum absolute atomic E-state index is 5.37. The minimum Gasteiger partial charge on any atom is -0.351 e. The number of hydrogen-bond acceptors (Lipinski definition) is 5. The first-order chi connectivity index (χ1) is 4.61. The van der Waals surface area contributed by atoms with Crippen molar-refractivity contribution in [3.05, 3.63) is 0 Å². The molecular weight excluding hydrogens is 132 g/mol. The summed E-state index contributed by atoms with van der Waals surface area (Å²) in [6, 6.07) is 0. The van der Waals surface area contributed by atoms with Gasteiger partial charge in [0.2, 0.25) is 0 Å². The van der Waals surface area contributed by atoms with Crippen LogP contribution in [0.4, 0.5) is 17.8 Å². The third kappa shape index (κ3) is 0.903. The van der Waals surface area contributed by atoms with Crippen LogP contribution in [-0.4, -0.2) is 9.97 Å². The molecule has 0 aliphatic carbocycles. The molecule has 10 heavy (non-hydrogen) atoms. The predicted molar refractivity (Wildman–Crippen MR) is 36.4 cm³/mol. The van der Waals surface area contributed by atoms with Crippen molar-refractivity contribution in [3.8, 4) is 0 Å². The number of anilines is 3. The van der Waals surface area contributed by atoms with Crippen LogP contribution in [0.5, 0.6) is 0 Å². The smallest absolute Gasteiger partial charge is 0.322 e. The van der Waals surface area contributed by atoms with Crippen LogP contribution in [0.1, 0.15) is 0 Å². The molecule has 0 saturated carbocycles. The fourth-order valence-corrected chi connectivity index (χ4v) is 0.527. The van der Waals surface area contributed by atoms with E-state index in [9.17, 15) is 0 Å². The first kappa shape index (κ1) is 6.53. The summed E-state index contributed by atoms with van der Waals surface area (Å²) in [7, 11) is 1.66. The standard InChI is InChI=1S/C4H8N6/c1-10-3(6)8-2(5)9-4(10)7/h1H3,(H5,5,6,7,8,9)/p+1. The molecule has 1 aromatic rings. The van der Waals surface area contributed by atoms with Gasteiger partial charge in [-0.1, -0.05) is 9.97 Å². The quantitative estimate of drug-likeness (QED) is 0.364. The topological polar surface area (TPSA) is 108 Å². The molecule has 1 rings (SSSR count). The summed E-state index contributed by atoms with van der Waals surface area (Å²) in [6.45, 7) is 0. The average molecular weight is 141 g/mol. The highest BCUT2D eigenvalue weighted by molar-refractivity contribution is 5.26. The number of nitrogens with zero attached hydrogens (tertiary/aromatic N) is 3. The molecule has 0 aliphatic heterocycles. The Labute approximate surface area is 57.7 Å². The molecule has 6 heteroatoms. The van der Waals surface area contributed by atoms with E-state index in [1.165, 1.54) is 4.57 Å². The van der Waals surface area contributed by atoms with Gasteiger partial charge >= 0.3 is 17.8 Å². The van der Waals surface area contributed by atoms with Gasteiger partial charge in [-0.2, -0.15) is 0 Å². The summed E-state index contributed by atoms with van der Waals surface area (Å²) in [6.07, 6.45) is 0. The third-order valence-corrected chi connectivity index (χ3v) is 1.15. The van der Waals surface area contributed by atoms with Crippen LogP contribution < -0.4 is 21.8 Å².